The Morgan fingerprint density at radius 3 is 1.77 bits per heavy atom. The number of ether oxygens (including phenoxy) is 4. The molecule has 0 spiro atoms. The Hall–Kier alpha value is -3.60. The number of esters is 3. The van der Waals surface area contributed by atoms with Crippen LogP contribution in [-0.2, 0) is 45.7 Å². The molecule has 2 amide bonds. The van der Waals surface area contributed by atoms with E-state index in [4.69, 9.17) is 18.9 Å². The number of anilines is 1. The fourth-order valence-corrected chi connectivity index (χ4v) is 3.93. The Kier molecular flexibility index (Phi) is 10.4. The number of amides is 2. The number of alkyl halides is 6. The van der Waals surface area contributed by atoms with Crippen LogP contribution in [0, 0.1) is 0 Å². The van der Waals surface area contributed by atoms with Gasteiger partial charge in [0.25, 0.3) is 0 Å². The van der Waals surface area contributed by atoms with Gasteiger partial charge in [-0.2, -0.15) is 26.3 Å². The number of rotatable bonds is 7. The summed E-state index contributed by atoms with van der Waals surface area (Å²) in [4.78, 5) is 49.2. The summed E-state index contributed by atoms with van der Waals surface area (Å²) in [5.74, 6) is -2.39. The first kappa shape index (κ1) is 32.6. The molecule has 0 radical (unpaired) electrons. The average Bonchev–Trinajstić information content (AvgIpc) is 2.77. The molecule has 1 aliphatic rings. The Morgan fingerprint density at radius 2 is 1.35 bits per heavy atom. The fourth-order valence-electron chi connectivity index (χ4n) is 3.93. The molecule has 1 aromatic carbocycles. The second kappa shape index (κ2) is 12.7. The van der Waals surface area contributed by atoms with Crippen LogP contribution in [0.15, 0.2) is 18.2 Å². The van der Waals surface area contributed by atoms with Gasteiger partial charge < -0.3 is 29.6 Å². The zero-order chi connectivity index (χ0) is 30.6. The third-order valence-electron chi connectivity index (χ3n) is 5.43. The fraction of sp³-hybridized carbons (Fsp3) is 0.565. The van der Waals surface area contributed by atoms with Crippen molar-refractivity contribution in [2.24, 2.45) is 0 Å². The first-order valence-corrected chi connectivity index (χ1v) is 11.5. The third kappa shape index (κ3) is 8.97. The number of urea groups is 1. The van der Waals surface area contributed by atoms with Crippen LogP contribution in [0.3, 0.4) is 0 Å². The van der Waals surface area contributed by atoms with Crippen molar-refractivity contribution in [1.29, 1.82) is 0 Å². The van der Waals surface area contributed by atoms with Gasteiger partial charge in [0.1, 0.15) is 12.7 Å². The monoisotopic (exact) mass is 587 g/mol. The summed E-state index contributed by atoms with van der Waals surface area (Å²) in [5.41, 5.74) is -4.14. The molecule has 1 aliphatic heterocycles. The van der Waals surface area contributed by atoms with E-state index < -0.39 is 90.3 Å². The number of carbonyl (C=O) groups excluding carboxylic acids is 4. The van der Waals surface area contributed by atoms with E-state index in [0.717, 1.165) is 20.8 Å². The van der Waals surface area contributed by atoms with E-state index in [1.807, 2.05) is 5.32 Å². The van der Waals surface area contributed by atoms with Crippen LogP contribution in [0.4, 0.5) is 36.8 Å². The van der Waals surface area contributed by atoms with Gasteiger partial charge >= 0.3 is 36.3 Å². The highest BCUT2D eigenvalue weighted by Crippen LogP contribution is 2.37. The van der Waals surface area contributed by atoms with Crippen LogP contribution in [0.5, 0.6) is 0 Å². The molecule has 1 aromatic rings. The first-order chi connectivity index (χ1) is 18.3. The lowest BCUT2D eigenvalue weighted by Gasteiger charge is -2.47. The Bertz CT molecular complexity index is 1080. The quantitative estimate of drug-likeness (QED) is 0.281. The molecule has 2 rings (SSSR count). The second-order valence-corrected chi connectivity index (χ2v) is 8.89. The topological polar surface area (TPSA) is 132 Å². The van der Waals surface area contributed by atoms with Crippen molar-refractivity contribution >= 4 is 29.6 Å². The molecule has 0 aromatic heterocycles. The van der Waals surface area contributed by atoms with Gasteiger partial charge in [0.05, 0.1) is 17.2 Å². The number of nitrogens with zero attached hydrogens (tertiary/aromatic N) is 1. The van der Waals surface area contributed by atoms with E-state index >= 15 is 0 Å². The van der Waals surface area contributed by atoms with Crippen molar-refractivity contribution in [2.75, 3.05) is 26.0 Å². The number of benzene rings is 1. The molecule has 0 aliphatic carbocycles. The molecule has 1 fully saturated rings. The van der Waals surface area contributed by atoms with Gasteiger partial charge in [-0.1, -0.05) is 0 Å². The van der Waals surface area contributed by atoms with E-state index in [1.165, 1.54) is 19.0 Å². The van der Waals surface area contributed by atoms with Crippen LogP contribution in [-0.4, -0.2) is 80.1 Å². The highest BCUT2D eigenvalue weighted by molar-refractivity contribution is 5.89. The summed E-state index contributed by atoms with van der Waals surface area (Å²) in [6, 6.07) is -1.89. The van der Waals surface area contributed by atoms with E-state index in [0.29, 0.717) is 12.1 Å². The predicted molar refractivity (Wildman–Crippen MR) is 122 cm³/mol. The highest BCUT2D eigenvalue weighted by Gasteiger charge is 2.51. The normalized spacial score (nSPS) is 23.2. The van der Waals surface area contributed by atoms with Gasteiger partial charge in [0.15, 0.2) is 18.4 Å². The summed E-state index contributed by atoms with van der Waals surface area (Å²) in [5, 5.41) is 4.17. The molecule has 0 unspecified atom stereocenters. The number of nitrogens with one attached hydrogen (secondary N) is 2. The summed E-state index contributed by atoms with van der Waals surface area (Å²) < 4.78 is 101. The van der Waals surface area contributed by atoms with Crippen molar-refractivity contribution in [1.82, 2.24) is 10.2 Å². The highest BCUT2D eigenvalue weighted by atomic mass is 19.4. The van der Waals surface area contributed by atoms with Crippen LogP contribution in [0.1, 0.15) is 31.9 Å². The molecular weight excluding hydrogens is 560 g/mol. The molecule has 17 heteroatoms. The maximum absolute atomic E-state index is 13.2. The van der Waals surface area contributed by atoms with Gasteiger partial charge in [0.2, 0.25) is 0 Å². The summed E-state index contributed by atoms with van der Waals surface area (Å²) in [6.45, 7) is 2.65. The number of carbonyl (C=O) groups is 4. The van der Waals surface area contributed by atoms with Crippen molar-refractivity contribution in [3.8, 4) is 0 Å². The molecule has 0 saturated carbocycles. The first-order valence-electron chi connectivity index (χ1n) is 11.5. The second-order valence-electron chi connectivity index (χ2n) is 8.89. The molecule has 2 N–H and O–H groups in total. The van der Waals surface area contributed by atoms with Crippen molar-refractivity contribution in [3.63, 3.8) is 0 Å². The van der Waals surface area contributed by atoms with Crippen molar-refractivity contribution in [3.05, 3.63) is 29.3 Å². The number of hydrogen-bond acceptors (Lipinski definition) is 9. The zero-order valence-electron chi connectivity index (χ0n) is 21.8. The lowest BCUT2D eigenvalue weighted by atomic mass is 9.94. The minimum atomic E-state index is -5.15. The smallest absolute Gasteiger partial charge is 0.416 e. The van der Waals surface area contributed by atoms with Crippen LogP contribution in [0.25, 0.3) is 0 Å². The van der Waals surface area contributed by atoms with Crippen LogP contribution >= 0.6 is 0 Å². The predicted octanol–water partition coefficient (Wildman–Crippen LogP) is 2.93. The van der Waals surface area contributed by atoms with Crippen LogP contribution < -0.4 is 10.6 Å². The number of halogens is 6. The summed E-state index contributed by atoms with van der Waals surface area (Å²) in [7, 11) is 2.94. The molecule has 1 saturated heterocycles. The number of hydrogen-bond donors (Lipinski definition) is 2. The Balaban J connectivity index is 2.43. The van der Waals surface area contributed by atoms with Gasteiger partial charge in [-0.3, -0.25) is 19.3 Å². The van der Waals surface area contributed by atoms with Crippen LogP contribution in [0.2, 0.25) is 0 Å². The SMILES string of the molecule is CC(=O)OC[C@H]1O[C@@H](NC(=O)Nc2cc(C(F)(F)F)cc(C(F)(F)F)c2)[C@H](N(C)C)[C@@H](OC(C)=O)[C@@H]1OC(C)=O. The largest absolute Gasteiger partial charge is 0.463 e. The molecular formula is C23H27F6N3O8. The van der Waals surface area contributed by atoms with Gasteiger partial charge in [-0.15, -0.1) is 0 Å². The molecule has 1 heterocycles. The van der Waals surface area contributed by atoms with E-state index in [1.54, 1.807) is 0 Å². The Morgan fingerprint density at radius 1 is 0.850 bits per heavy atom. The van der Waals surface area contributed by atoms with Crippen molar-refractivity contribution < 1.29 is 64.5 Å². The molecule has 5 atom stereocenters. The van der Waals surface area contributed by atoms with E-state index in [9.17, 15) is 45.5 Å². The lowest BCUT2D eigenvalue weighted by Crippen LogP contribution is -2.69. The zero-order valence-corrected chi connectivity index (χ0v) is 21.8. The average molecular weight is 587 g/mol. The van der Waals surface area contributed by atoms with Gasteiger partial charge in [0, 0.05) is 26.5 Å². The molecule has 224 valence electrons. The summed E-state index contributed by atoms with van der Waals surface area (Å²) in [6.07, 6.45) is -15.8. The molecule has 11 nitrogen and oxygen atoms in total. The summed E-state index contributed by atoms with van der Waals surface area (Å²) >= 11 is 0. The van der Waals surface area contributed by atoms with E-state index in [-0.39, 0.29) is 6.07 Å². The van der Waals surface area contributed by atoms with Gasteiger partial charge in [-0.25, -0.2) is 4.79 Å². The molecule has 40 heavy (non-hydrogen) atoms. The van der Waals surface area contributed by atoms with Gasteiger partial charge in [-0.05, 0) is 32.3 Å². The van der Waals surface area contributed by atoms with E-state index in [2.05, 4.69) is 5.32 Å². The molecule has 0 bridgehead atoms. The van der Waals surface area contributed by atoms with Crippen molar-refractivity contribution in [2.45, 2.75) is 63.7 Å². The standard InChI is InChI=1S/C23H27F6N3O8/c1-10(33)37-9-16-18(38-11(2)34)19(39-12(3)35)17(32(4)5)20(40-16)31-21(36)30-15-7-13(22(24,25)26)6-14(8-15)23(27,28)29/h6-8,16-20H,9H2,1-5H3,(H2,30,31,36)/t16-,17-,18-,19-,20-/m1/s1. The minimum Gasteiger partial charge on any atom is -0.463 e. The number of likely N-dealkylation sites (N-methyl/N-ethyl adjacent to an activating group) is 1. The minimum absolute atomic E-state index is 0.103. The lowest BCUT2D eigenvalue weighted by molar-refractivity contribution is -0.236. The maximum Gasteiger partial charge on any atom is 0.416 e. The maximum atomic E-state index is 13.2. The third-order valence-corrected chi connectivity index (χ3v) is 5.43. The Labute approximate surface area is 224 Å².